The van der Waals surface area contributed by atoms with E-state index in [1.807, 2.05) is 21.1 Å². The Kier molecular flexibility index (Phi) is 64.6. The van der Waals surface area contributed by atoms with E-state index in [1.165, 1.54) is 244 Å². The van der Waals surface area contributed by atoms with Gasteiger partial charge in [0.1, 0.15) is 13.2 Å². The summed E-state index contributed by atoms with van der Waals surface area (Å²) in [5.74, 6) is -2.27. The lowest BCUT2D eigenvalue weighted by atomic mass is 10.0. The van der Waals surface area contributed by atoms with Gasteiger partial charge in [0.05, 0.1) is 40.3 Å². The number of carbonyl (C=O) groups excluding carboxylic acids is 3. The van der Waals surface area contributed by atoms with Crippen molar-refractivity contribution in [3.8, 4) is 0 Å². The quantitative estimate of drug-likeness (QED) is 0.0195. The van der Waals surface area contributed by atoms with E-state index in [1.54, 1.807) is 0 Å². The van der Waals surface area contributed by atoms with Gasteiger partial charge in [-0.05, 0) is 77.0 Å². The van der Waals surface area contributed by atoms with Crippen molar-refractivity contribution in [3.05, 3.63) is 60.8 Å². The first-order valence-electron chi connectivity index (χ1n) is 36.4. The van der Waals surface area contributed by atoms with E-state index in [-0.39, 0.29) is 32.2 Å². The standard InChI is InChI=1S/C76H139NO8/c1-6-8-10-12-14-16-18-20-22-24-26-28-30-31-32-33-34-35-36-37-38-39-40-41-42-43-45-46-48-50-52-54-56-58-60-62-64-66-73(78)83-70-72(71-84-76(75(80)81)82-69-68-77(3,4)5)85-74(79)67-65-63-61-59-57-55-53-51-49-47-44-29-27-25-23-21-19-17-15-13-11-9-7-2/h9,11,15,17,21,23-24,26-27,29,72,76H,6-8,10,12-14,16,18-20,22,25,28,30-71H2,1-5H3/b11-9-,17-15-,23-21-,26-24-,29-27-. The van der Waals surface area contributed by atoms with Crippen LogP contribution in [0.15, 0.2) is 60.8 Å². The number of aliphatic carboxylic acids is 1. The normalized spacial score (nSPS) is 13.0. The van der Waals surface area contributed by atoms with Crippen LogP contribution in [0.4, 0.5) is 0 Å². The maximum absolute atomic E-state index is 12.9. The summed E-state index contributed by atoms with van der Waals surface area (Å²) in [6, 6.07) is 0. The summed E-state index contributed by atoms with van der Waals surface area (Å²) in [6.45, 7) is 4.68. The number of carbonyl (C=O) groups is 3. The molecule has 85 heavy (non-hydrogen) atoms. The Morgan fingerprint density at radius 1 is 0.365 bits per heavy atom. The number of ether oxygens (including phenoxy) is 4. The second kappa shape index (κ2) is 66.9. The highest BCUT2D eigenvalue weighted by molar-refractivity contribution is 5.70. The van der Waals surface area contributed by atoms with Crippen LogP contribution >= 0.6 is 0 Å². The molecule has 0 aromatic heterocycles. The molecule has 0 aromatic rings. The number of nitrogens with zero attached hydrogens (tertiary/aromatic N) is 1. The van der Waals surface area contributed by atoms with Crippen LogP contribution < -0.4 is 5.11 Å². The average Bonchev–Trinajstić information content (AvgIpc) is 3.49. The van der Waals surface area contributed by atoms with Crippen molar-refractivity contribution in [3.63, 3.8) is 0 Å². The number of unbranched alkanes of at least 4 members (excludes halogenated alkanes) is 43. The van der Waals surface area contributed by atoms with Gasteiger partial charge in [0.15, 0.2) is 12.4 Å². The van der Waals surface area contributed by atoms with Crippen molar-refractivity contribution >= 4 is 17.9 Å². The van der Waals surface area contributed by atoms with Gasteiger partial charge in [-0.3, -0.25) is 9.59 Å². The molecule has 0 spiro atoms. The molecule has 0 amide bonds. The van der Waals surface area contributed by atoms with E-state index in [9.17, 15) is 19.5 Å². The molecule has 0 heterocycles. The second-order valence-electron chi connectivity index (χ2n) is 25.9. The average molecular weight is 1190 g/mol. The first-order valence-corrected chi connectivity index (χ1v) is 36.4. The van der Waals surface area contributed by atoms with Gasteiger partial charge < -0.3 is 33.3 Å². The van der Waals surface area contributed by atoms with E-state index < -0.39 is 24.3 Å². The summed E-state index contributed by atoms with van der Waals surface area (Å²) < 4.78 is 22.8. The highest BCUT2D eigenvalue weighted by Crippen LogP contribution is 2.19. The Hall–Kier alpha value is -3.01. The summed E-state index contributed by atoms with van der Waals surface area (Å²) in [6.07, 6.45) is 84.7. The van der Waals surface area contributed by atoms with Crippen LogP contribution in [-0.2, 0) is 33.3 Å². The largest absolute Gasteiger partial charge is 0.545 e. The molecule has 0 N–H and O–H groups in total. The number of carboxylic acids is 1. The zero-order chi connectivity index (χ0) is 61.9. The molecule has 9 heteroatoms. The lowest BCUT2D eigenvalue weighted by Crippen LogP contribution is -2.44. The molecule has 0 radical (unpaired) electrons. The Morgan fingerprint density at radius 2 is 0.671 bits per heavy atom. The van der Waals surface area contributed by atoms with Crippen LogP contribution in [0.1, 0.15) is 348 Å². The fourth-order valence-electron chi connectivity index (χ4n) is 10.7. The number of quaternary nitrogens is 1. The molecule has 0 aliphatic carbocycles. The summed E-state index contributed by atoms with van der Waals surface area (Å²) in [5, 5.41) is 11.8. The van der Waals surface area contributed by atoms with Crippen molar-refractivity contribution in [1.29, 1.82) is 0 Å². The minimum Gasteiger partial charge on any atom is -0.545 e. The smallest absolute Gasteiger partial charge is 0.306 e. The van der Waals surface area contributed by atoms with Crippen LogP contribution in [0.25, 0.3) is 0 Å². The topological polar surface area (TPSA) is 111 Å². The van der Waals surface area contributed by atoms with Gasteiger partial charge in [0.25, 0.3) is 0 Å². The van der Waals surface area contributed by atoms with Gasteiger partial charge >= 0.3 is 11.9 Å². The van der Waals surface area contributed by atoms with Gasteiger partial charge in [-0.2, -0.15) is 0 Å². The third kappa shape index (κ3) is 68.3. The highest BCUT2D eigenvalue weighted by atomic mass is 16.7. The van der Waals surface area contributed by atoms with E-state index in [0.717, 1.165) is 70.6 Å². The fourth-order valence-corrected chi connectivity index (χ4v) is 10.7. The van der Waals surface area contributed by atoms with Gasteiger partial charge in [-0.15, -0.1) is 0 Å². The minimum atomic E-state index is -1.62. The highest BCUT2D eigenvalue weighted by Gasteiger charge is 2.22. The summed E-state index contributed by atoms with van der Waals surface area (Å²) in [7, 11) is 5.94. The second-order valence-corrected chi connectivity index (χ2v) is 25.9. The molecule has 0 aromatic carbocycles. The third-order valence-corrected chi connectivity index (χ3v) is 16.2. The number of carboxylic acid groups (broad SMARTS) is 1. The first-order chi connectivity index (χ1) is 41.6. The molecule has 0 saturated carbocycles. The maximum Gasteiger partial charge on any atom is 0.306 e. The monoisotopic (exact) mass is 1190 g/mol. The minimum absolute atomic E-state index is 0.147. The molecule has 0 rings (SSSR count). The first kappa shape index (κ1) is 82.0. The van der Waals surface area contributed by atoms with Crippen molar-refractivity contribution in [2.75, 3.05) is 47.5 Å². The number of likely N-dealkylation sites (N-methyl/N-ethyl adjacent to an activating group) is 1. The van der Waals surface area contributed by atoms with Gasteiger partial charge in [-0.1, -0.05) is 319 Å². The van der Waals surface area contributed by atoms with Crippen molar-refractivity contribution in [1.82, 2.24) is 0 Å². The number of esters is 2. The van der Waals surface area contributed by atoms with E-state index in [2.05, 4.69) is 74.6 Å². The Morgan fingerprint density at radius 3 is 1.01 bits per heavy atom. The Balaban J connectivity index is 3.99. The van der Waals surface area contributed by atoms with Crippen LogP contribution in [0.5, 0.6) is 0 Å². The predicted octanol–water partition coefficient (Wildman–Crippen LogP) is 21.4. The number of allylic oxidation sites excluding steroid dienone is 10. The predicted molar refractivity (Wildman–Crippen MR) is 362 cm³/mol. The van der Waals surface area contributed by atoms with E-state index in [4.69, 9.17) is 18.9 Å². The summed E-state index contributed by atoms with van der Waals surface area (Å²) in [5.41, 5.74) is 0. The van der Waals surface area contributed by atoms with E-state index in [0.29, 0.717) is 23.9 Å². The molecular weight excluding hydrogens is 1050 g/mol. The molecule has 0 bridgehead atoms. The fraction of sp³-hybridized carbons (Fsp3) is 0.829. The van der Waals surface area contributed by atoms with Gasteiger partial charge in [0.2, 0.25) is 0 Å². The van der Waals surface area contributed by atoms with E-state index >= 15 is 0 Å². The lowest BCUT2D eigenvalue weighted by Gasteiger charge is -2.26. The maximum atomic E-state index is 12.9. The molecule has 2 atom stereocenters. The van der Waals surface area contributed by atoms with Gasteiger partial charge in [0, 0.05) is 12.8 Å². The molecule has 9 nitrogen and oxygen atoms in total. The number of rotatable bonds is 68. The zero-order valence-corrected chi connectivity index (χ0v) is 56.7. The Labute approximate surface area is 526 Å². The Bertz CT molecular complexity index is 1580. The SMILES string of the molecule is CC/C=C\C/C=C\C/C=C\C/C=C\CCCCCCCCCCCCC(=O)OC(COC(=O)CCCCCCCCCCCCCCCCCCCCCCCCCCC/C=C\CCCCCCCCCC)COC(OCC[N+](C)(C)C)C(=O)[O-]. The van der Waals surface area contributed by atoms with Crippen LogP contribution in [0.2, 0.25) is 0 Å². The van der Waals surface area contributed by atoms with Crippen molar-refractivity contribution < 1.29 is 42.9 Å². The molecule has 0 fully saturated rings. The van der Waals surface area contributed by atoms with Crippen molar-refractivity contribution in [2.24, 2.45) is 0 Å². The van der Waals surface area contributed by atoms with Crippen molar-refractivity contribution in [2.45, 2.75) is 360 Å². The molecular formula is C76H139NO8. The lowest BCUT2D eigenvalue weighted by molar-refractivity contribution is -0.870. The molecule has 0 saturated heterocycles. The van der Waals surface area contributed by atoms with Crippen LogP contribution in [0, 0.1) is 0 Å². The number of hydrogen-bond donors (Lipinski definition) is 0. The van der Waals surface area contributed by atoms with Gasteiger partial charge in [-0.25, -0.2) is 0 Å². The summed E-state index contributed by atoms with van der Waals surface area (Å²) >= 11 is 0. The summed E-state index contributed by atoms with van der Waals surface area (Å²) in [4.78, 5) is 37.5. The molecule has 0 aliphatic heterocycles. The molecule has 0 aliphatic rings. The zero-order valence-electron chi connectivity index (χ0n) is 56.7. The molecule has 2 unspecified atom stereocenters. The van der Waals surface area contributed by atoms with Crippen LogP contribution in [-0.4, -0.2) is 82.3 Å². The molecule has 496 valence electrons. The third-order valence-electron chi connectivity index (χ3n) is 16.2. The number of hydrogen-bond acceptors (Lipinski definition) is 8. The van der Waals surface area contributed by atoms with Crippen LogP contribution in [0.3, 0.4) is 0 Å².